The van der Waals surface area contributed by atoms with Crippen molar-refractivity contribution < 1.29 is 24.5 Å². The maximum Gasteiger partial charge on any atom is 0.223 e. The summed E-state index contributed by atoms with van der Waals surface area (Å²) in [5.41, 5.74) is 0.972. The monoisotopic (exact) mass is 457 g/mol. The second kappa shape index (κ2) is 8.95. The Labute approximate surface area is 197 Å². The first-order chi connectivity index (χ1) is 15.8. The molecule has 0 aromatic heterocycles. The second-order valence-electron chi connectivity index (χ2n) is 11.4. The van der Waals surface area contributed by atoms with Crippen LogP contribution in [0.4, 0.5) is 0 Å². The summed E-state index contributed by atoms with van der Waals surface area (Å²) in [7, 11) is 0. The molecule has 8 atom stereocenters. The molecule has 0 unspecified atom stereocenters. The van der Waals surface area contributed by atoms with Crippen LogP contribution in [-0.2, 0) is 20.7 Å². The number of β-amino-alcohol motifs (C(OH)–C–C–N with tert-alkyl or cyclic N) is 1. The van der Waals surface area contributed by atoms with E-state index in [9.17, 15) is 15.0 Å². The van der Waals surface area contributed by atoms with Gasteiger partial charge in [-0.25, -0.2) is 0 Å². The van der Waals surface area contributed by atoms with E-state index in [2.05, 4.69) is 26.0 Å². The van der Waals surface area contributed by atoms with E-state index in [1.165, 1.54) is 5.56 Å². The molecule has 2 N–H and O–H groups in total. The molecular formula is C27H39NO5. The van der Waals surface area contributed by atoms with E-state index in [0.29, 0.717) is 38.5 Å². The van der Waals surface area contributed by atoms with Crippen LogP contribution in [0.2, 0.25) is 0 Å². The Hall–Kier alpha value is -1.47. The van der Waals surface area contributed by atoms with Gasteiger partial charge in [0, 0.05) is 31.3 Å². The van der Waals surface area contributed by atoms with Crippen molar-refractivity contribution in [3.8, 4) is 0 Å². The van der Waals surface area contributed by atoms with Gasteiger partial charge in [-0.05, 0) is 54.9 Å². The van der Waals surface area contributed by atoms with Crippen molar-refractivity contribution >= 4 is 5.91 Å². The first-order valence-electron chi connectivity index (χ1n) is 12.7. The van der Waals surface area contributed by atoms with Gasteiger partial charge in [-0.2, -0.15) is 0 Å². The number of aliphatic hydroxyl groups excluding tert-OH is 2. The molecule has 0 radical (unpaired) electrons. The first-order valence-corrected chi connectivity index (χ1v) is 12.7. The fourth-order valence-corrected chi connectivity index (χ4v) is 7.49. The summed E-state index contributed by atoms with van der Waals surface area (Å²) < 4.78 is 12.8. The number of nitrogens with zero attached hydrogens (tertiary/aromatic N) is 1. The quantitative estimate of drug-likeness (QED) is 0.726. The molecule has 2 aliphatic carbocycles. The minimum Gasteiger partial charge on any atom is -0.393 e. The van der Waals surface area contributed by atoms with E-state index in [1.807, 2.05) is 18.2 Å². The largest absolute Gasteiger partial charge is 0.393 e. The average Bonchev–Trinajstić information content (AvgIpc) is 3.23. The zero-order valence-corrected chi connectivity index (χ0v) is 20.0. The fraction of sp³-hybridized carbons (Fsp3) is 0.741. The number of carbonyl (C=O) groups is 1. The smallest absolute Gasteiger partial charge is 0.223 e. The Bertz CT molecular complexity index is 848. The van der Waals surface area contributed by atoms with Crippen LogP contribution in [0.15, 0.2) is 30.3 Å². The maximum absolute atomic E-state index is 13.1. The summed E-state index contributed by atoms with van der Waals surface area (Å²) in [4.78, 5) is 14.8. The number of hydrogen-bond donors (Lipinski definition) is 2. The Morgan fingerprint density at radius 2 is 1.88 bits per heavy atom. The van der Waals surface area contributed by atoms with Gasteiger partial charge in [0.2, 0.25) is 5.91 Å². The summed E-state index contributed by atoms with van der Waals surface area (Å²) in [6.45, 7) is 6.28. The molecule has 2 saturated heterocycles. The Morgan fingerprint density at radius 3 is 2.61 bits per heavy atom. The third-order valence-corrected chi connectivity index (χ3v) is 9.39. The molecule has 1 aromatic rings. The molecule has 2 heterocycles. The third kappa shape index (κ3) is 4.24. The number of fused-ring (bicyclic) bond motifs is 3. The van der Waals surface area contributed by atoms with Gasteiger partial charge < -0.3 is 24.6 Å². The number of carbonyl (C=O) groups excluding carboxylic acids is 1. The van der Waals surface area contributed by atoms with Gasteiger partial charge in [0.25, 0.3) is 0 Å². The third-order valence-electron chi connectivity index (χ3n) is 9.39. The van der Waals surface area contributed by atoms with Crippen LogP contribution in [0.1, 0.15) is 57.9 Å². The van der Waals surface area contributed by atoms with Crippen LogP contribution < -0.4 is 0 Å². The second-order valence-corrected chi connectivity index (χ2v) is 11.4. The number of rotatable bonds is 4. The van der Waals surface area contributed by atoms with E-state index >= 15 is 0 Å². The Balaban J connectivity index is 1.30. The van der Waals surface area contributed by atoms with Crippen molar-refractivity contribution in [1.82, 2.24) is 4.90 Å². The van der Waals surface area contributed by atoms with Crippen LogP contribution >= 0.6 is 0 Å². The first kappa shape index (κ1) is 23.3. The highest BCUT2D eigenvalue weighted by Gasteiger charge is 2.61. The molecule has 4 aliphatic rings. The number of benzene rings is 1. The zero-order valence-electron chi connectivity index (χ0n) is 20.0. The summed E-state index contributed by atoms with van der Waals surface area (Å²) in [6, 6.07) is 10.3. The van der Waals surface area contributed by atoms with Crippen LogP contribution in [0.25, 0.3) is 0 Å². The van der Waals surface area contributed by atoms with Gasteiger partial charge in [0.1, 0.15) is 0 Å². The van der Waals surface area contributed by atoms with Crippen molar-refractivity contribution in [3.63, 3.8) is 0 Å². The van der Waals surface area contributed by atoms with Crippen molar-refractivity contribution in [1.29, 1.82) is 0 Å². The van der Waals surface area contributed by atoms with Crippen molar-refractivity contribution in [3.05, 3.63) is 35.9 Å². The number of hydrogen-bond acceptors (Lipinski definition) is 5. The lowest BCUT2D eigenvalue weighted by molar-refractivity contribution is -0.308. The number of aliphatic hydroxyl groups is 2. The van der Waals surface area contributed by atoms with Gasteiger partial charge in [0.15, 0.2) is 6.29 Å². The lowest BCUT2D eigenvalue weighted by Crippen LogP contribution is -2.63. The lowest BCUT2D eigenvalue weighted by atomic mass is 9.46. The molecule has 182 valence electrons. The molecule has 2 aliphatic heterocycles. The highest BCUT2D eigenvalue weighted by molar-refractivity contribution is 5.77. The summed E-state index contributed by atoms with van der Waals surface area (Å²) in [5, 5.41) is 20.9. The Morgan fingerprint density at radius 1 is 1.09 bits per heavy atom. The van der Waals surface area contributed by atoms with Crippen LogP contribution in [0.5, 0.6) is 0 Å². The minimum atomic E-state index is -0.459. The molecule has 0 spiro atoms. The molecule has 2 saturated carbocycles. The maximum atomic E-state index is 13.1. The zero-order chi connectivity index (χ0) is 23.2. The van der Waals surface area contributed by atoms with Crippen LogP contribution in [0.3, 0.4) is 0 Å². The van der Waals surface area contributed by atoms with Gasteiger partial charge >= 0.3 is 0 Å². The molecular weight excluding hydrogens is 418 g/mol. The SMILES string of the molecule is C[C@@]12CO[C@@H](Cc3ccccc3)O[C@H]1CC[C@]1(C)[C@@H]2CC[C@@H](O)[C@H]1CC(=O)N1CC[C@@H](O)C1. The van der Waals surface area contributed by atoms with Gasteiger partial charge in [-0.1, -0.05) is 44.2 Å². The highest BCUT2D eigenvalue weighted by atomic mass is 16.7. The van der Waals surface area contributed by atoms with Crippen molar-refractivity contribution in [2.75, 3.05) is 19.7 Å². The van der Waals surface area contributed by atoms with E-state index in [1.54, 1.807) is 4.90 Å². The van der Waals surface area contributed by atoms with Gasteiger partial charge in [0.05, 0.1) is 24.9 Å². The van der Waals surface area contributed by atoms with Crippen molar-refractivity contribution in [2.45, 2.75) is 83.4 Å². The lowest BCUT2D eigenvalue weighted by Gasteiger charge is -2.63. The molecule has 4 fully saturated rings. The van der Waals surface area contributed by atoms with E-state index < -0.39 is 12.2 Å². The van der Waals surface area contributed by atoms with Crippen molar-refractivity contribution in [2.24, 2.45) is 22.7 Å². The molecule has 1 aromatic carbocycles. The van der Waals surface area contributed by atoms with Crippen LogP contribution in [0, 0.1) is 22.7 Å². The summed E-state index contributed by atoms with van der Waals surface area (Å²) in [6.07, 6.45) is 4.35. The normalized spacial score (nSPS) is 43.1. The van der Waals surface area contributed by atoms with E-state index in [4.69, 9.17) is 9.47 Å². The summed E-state index contributed by atoms with van der Waals surface area (Å²) in [5.74, 6) is 0.344. The fourth-order valence-electron chi connectivity index (χ4n) is 7.49. The van der Waals surface area contributed by atoms with Gasteiger partial charge in [-0.3, -0.25) is 4.79 Å². The number of ether oxygens (including phenoxy) is 2. The molecule has 33 heavy (non-hydrogen) atoms. The minimum absolute atomic E-state index is 0.0682. The molecule has 6 heteroatoms. The number of amides is 1. The van der Waals surface area contributed by atoms with E-state index in [-0.39, 0.29) is 35.0 Å². The molecule has 6 nitrogen and oxygen atoms in total. The molecule has 0 bridgehead atoms. The van der Waals surface area contributed by atoms with E-state index in [0.717, 1.165) is 32.1 Å². The average molecular weight is 458 g/mol. The summed E-state index contributed by atoms with van der Waals surface area (Å²) >= 11 is 0. The van der Waals surface area contributed by atoms with Gasteiger partial charge in [-0.15, -0.1) is 0 Å². The number of likely N-dealkylation sites (tertiary alicyclic amines) is 1. The molecule has 1 amide bonds. The Kier molecular flexibility index (Phi) is 6.32. The highest BCUT2D eigenvalue weighted by Crippen LogP contribution is 2.62. The van der Waals surface area contributed by atoms with Crippen LogP contribution in [-0.4, -0.2) is 65.3 Å². The topological polar surface area (TPSA) is 79.2 Å². The predicted molar refractivity (Wildman–Crippen MR) is 124 cm³/mol. The molecule has 5 rings (SSSR count). The standard InChI is InChI=1S/C27H39NO5/c1-26-12-10-23-27(2,17-32-25(33-23)14-18-6-4-3-5-7-18)22(26)9-8-21(30)20(26)15-24(31)28-13-11-19(29)16-28/h3-7,19-23,25,29-30H,8-17H2,1-2H3/t19-,20-,21-,22+,23+,25-,26+,27+/m1/s1. The predicted octanol–water partition coefficient (Wildman–Crippen LogP) is 3.15.